The van der Waals surface area contributed by atoms with Gasteiger partial charge in [-0.15, -0.1) is 0 Å². The summed E-state index contributed by atoms with van der Waals surface area (Å²) in [6.07, 6.45) is 0. The SMILES string of the molecule is CC(C)CN1C(=O)C(=O)/C(=C(/O)c2ccc(Cl)cc2)C1c1cccc(F)c1. The van der Waals surface area contributed by atoms with Gasteiger partial charge in [0.15, 0.2) is 0 Å². The van der Waals surface area contributed by atoms with Crippen LogP contribution in [0.2, 0.25) is 5.02 Å². The summed E-state index contributed by atoms with van der Waals surface area (Å²) >= 11 is 5.88. The van der Waals surface area contributed by atoms with Gasteiger partial charge < -0.3 is 10.0 Å². The van der Waals surface area contributed by atoms with Gasteiger partial charge in [0, 0.05) is 17.1 Å². The fourth-order valence-corrected chi connectivity index (χ4v) is 3.37. The Labute approximate surface area is 161 Å². The van der Waals surface area contributed by atoms with Crippen LogP contribution in [-0.4, -0.2) is 28.2 Å². The standard InChI is InChI=1S/C21H19ClFNO3/c1-12(2)11-24-18(14-4-3-5-16(23)10-14)17(20(26)21(24)27)19(25)13-6-8-15(22)9-7-13/h3-10,12,18,25H,11H2,1-2H3/b19-17+. The van der Waals surface area contributed by atoms with E-state index < -0.39 is 23.5 Å². The predicted molar refractivity (Wildman–Crippen MR) is 102 cm³/mol. The maximum Gasteiger partial charge on any atom is 0.295 e. The second kappa shape index (κ2) is 7.53. The van der Waals surface area contributed by atoms with E-state index in [1.807, 2.05) is 13.8 Å². The molecule has 27 heavy (non-hydrogen) atoms. The van der Waals surface area contributed by atoms with Gasteiger partial charge >= 0.3 is 0 Å². The molecule has 1 atom stereocenters. The summed E-state index contributed by atoms with van der Waals surface area (Å²) in [6.45, 7) is 4.14. The van der Waals surface area contributed by atoms with E-state index in [2.05, 4.69) is 0 Å². The van der Waals surface area contributed by atoms with Crippen LogP contribution in [0.5, 0.6) is 0 Å². The van der Waals surface area contributed by atoms with Gasteiger partial charge in [-0.25, -0.2) is 4.39 Å². The lowest BCUT2D eigenvalue weighted by molar-refractivity contribution is -0.140. The second-order valence-corrected chi connectivity index (χ2v) is 7.34. The molecule has 1 unspecified atom stereocenters. The van der Waals surface area contributed by atoms with E-state index in [4.69, 9.17) is 11.6 Å². The minimum Gasteiger partial charge on any atom is -0.507 e. The van der Waals surface area contributed by atoms with Crippen LogP contribution in [-0.2, 0) is 9.59 Å². The second-order valence-electron chi connectivity index (χ2n) is 6.91. The number of rotatable bonds is 4. The highest BCUT2D eigenvalue weighted by molar-refractivity contribution is 6.46. The molecule has 0 bridgehead atoms. The van der Waals surface area contributed by atoms with E-state index in [-0.39, 0.29) is 17.3 Å². The molecular formula is C21H19ClFNO3. The molecule has 3 rings (SSSR count). The molecule has 1 heterocycles. The number of carbonyl (C=O) groups is 2. The number of aliphatic hydroxyl groups is 1. The average Bonchev–Trinajstić information content (AvgIpc) is 2.86. The normalized spacial score (nSPS) is 19.1. The first-order valence-corrected chi connectivity index (χ1v) is 8.97. The van der Waals surface area contributed by atoms with Crippen molar-refractivity contribution in [3.05, 3.63) is 76.1 Å². The lowest BCUT2D eigenvalue weighted by atomic mass is 9.95. The molecule has 2 aromatic rings. The molecule has 6 heteroatoms. The first kappa shape index (κ1) is 19.1. The Balaban J connectivity index is 2.19. The van der Waals surface area contributed by atoms with Crippen molar-refractivity contribution in [2.24, 2.45) is 5.92 Å². The number of likely N-dealkylation sites (tertiary alicyclic amines) is 1. The van der Waals surface area contributed by atoms with Gasteiger partial charge in [0.2, 0.25) is 0 Å². The molecule has 4 nitrogen and oxygen atoms in total. The number of nitrogens with zero attached hydrogens (tertiary/aromatic N) is 1. The van der Waals surface area contributed by atoms with Gasteiger partial charge in [0.25, 0.3) is 11.7 Å². The highest BCUT2D eigenvalue weighted by Gasteiger charge is 2.46. The van der Waals surface area contributed by atoms with Crippen LogP contribution in [0.4, 0.5) is 4.39 Å². The molecule has 1 aliphatic rings. The number of hydrogen-bond donors (Lipinski definition) is 1. The van der Waals surface area contributed by atoms with Crippen LogP contribution in [0.3, 0.4) is 0 Å². The Morgan fingerprint density at radius 2 is 1.85 bits per heavy atom. The van der Waals surface area contributed by atoms with E-state index in [1.165, 1.54) is 23.1 Å². The molecule has 1 fully saturated rings. The van der Waals surface area contributed by atoms with Crippen molar-refractivity contribution in [3.63, 3.8) is 0 Å². The maximum absolute atomic E-state index is 13.8. The molecule has 1 saturated heterocycles. The predicted octanol–water partition coefficient (Wildman–Crippen LogP) is 4.56. The van der Waals surface area contributed by atoms with Gasteiger partial charge in [-0.2, -0.15) is 0 Å². The van der Waals surface area contributed by atoms with E-state index in [1.54, 1.807) is 30.3 Å². The third kappa shape index (κ3) is 3.74. The summed E-state index contributed by atoms with van der Waals surface area (Å²) in [7, 11) is 0. The Morgan fingerprint density at radius 3 is 2.44 bits per heavy atom. The van der Waals surface area contributed by atoms with Crippen LogP contribution in [0, 0.1) is 11.7 Å². The van der Waals surface area contributed by atoms with Gasteiger partial charge in [-0.05, 0) is 47.9 Å². The summed E-state index contributed by atoms with van der Waals surface area (Å²) in [5.74, 6) is -2.17. The number of Topliss-reactive ketones (excluding diaryl/α,β-unsaturated/α-hetero) is 1. The van der Waals surface area contributed by atoms with E-state index in [9.17, 15) is 19.1 Å². The highest BCUT2D eigenvalue weighted by Crippen LogP contribution is 2.40. The Bertz CT molecular complexity index is 921. The van der Waals surface area contributed by atoms with Crippen molar-refractivity contribution in [2.45, 2.75) is 19.9 Å². The van der Waals surface area contributed by atoms with Crippen LogP contribution >= 0.6 is 11.6 Å². The van der Waals surface area contributed by atoms with Crippen molar-refractivity contribution in [1.29, 1.82) is 0 Å². The number of aliphatic hydroxyl groups excluding tert-OH is 1. The molecule has 1 amide bonds. The molecule has 0 aromatic heterocycles. The average molecular weight is 388 g/mol. The third-order valence-electron chi connectivity index (χ3n) is 4.38. The Morgan fingerprint density at radius 1 is 1.19 bits per heavy atom. The molecule has 0 radical (unpaired) electrons. The Hall–Kier alpha value is -2.66. The number of carbonyl (C=O) groups excluding carboxylic acids is 2. The Kier molecular flexibility index (Phi) is 5.33. The molecule has 0 spiro atoms. The molecule has 0 saturated carbocycles. The van der Waals surface area contributed by atoms with E-state index in [0.717, 1.165) is 0 Å². The van der Waals surface area contributed by atoms with Crippen molar-refractivity contribution < 1.29 is 19.1 Å². The van der Waals surface area contributed by atoms with Gasteiger partial charge in [-0.1, -0.05) is 37.6 Å². The first-order chi connectivity index (χ1) is 12.8. The van der Waals surface area contributed by atoms with Gasteiger partial charge in [-0.3, -0.25) is 9.59 Å². The third-order valence-corrected chi connectivity index (χ3v) is 4.64. The molecule has 1 N–H and O–H groups in total. The lowest BCUT2D eigenvalue weighted by Crippen LogP contribution is -2.33. The van der Waals surface area contributed by atoms with Crippen molar-refractivity contribution >= 4 is 29.1 Å². The zero-order valence-corrected chi connectivity index (χ0v) is 15.7. The van der Waals surface area contributed by atoms with Crippen molar-refractivity contribution in [3.8, 4) is 0 Å². The first-order valence-electron chi connectivity index (χ1n) is 8.59. The molecule has 0 aliphatic carbocycles. The molecular weight excluding hydrogens is 369 g/mol. The van der Waals surface area contributed by atoms with E-state index >= 15 is 0 Å². The number of amides is 1. The molecule has 140 valence electrons. The van der Waals surface area contributed by atoms with Crippen LogP contribution in [0.25, 0.3) is 5.76 Å². The monoisotopic (exact) mass is 387 g/mol. The minimum atomic E-state index is -0.848. The van der Waals surface area contributed by atoms with Gasteiger partial charge in [0.1, 0.15) is 11.6 Å². The minimum absolute atomic E-state index is 0.0476. The maximum atomic E-state index is 13.8. The van der Waals surface area contributed by atoms with Crippen LogP contribution < -0.4 is 0 Å². The quantitative estimate of drug-likeness (QED) is 0.475. The van der Waals surface area contributed by atoms with Crippen LogP contribution in [0.15, 0.2) is 54.1 Å². The highest BCUT2D eigenvalue weighted by atomic mass is 35.5. The summed E-state index contributed by atoms with van der Waals surface area (Å²) in [4.78, 5) is 26.7. The summed E-state index contributed by atoms with van der Waals surface area (Å²) in [5, 5.41) is 11.3. The topological polar surface area (TPSA) is 57.6 Å². The number of benzene rings is 2. The zero-order chi connectivity index (χ0) is 19.7. The molecule has 2 aromatic carbocycles. The van der Waals surface area contributed by atoms with Crippen LogP contribution in [0.1, 0.15) is 31.0 Å². The largest absolute Gasteiger partial charge is 0.507 e. The fourth-order valence-electron chi connectivity index (χ4n) is 3.25. The van der Waals surface area contributed by atoms with Crippen molar-refractivity contribution in [1.82, 2.24) is 4.90 Å². The zero-order valence-electron chi connectivity index (χ0n) is 14.9. The number of ketones is 1. The summed E-state index contributed by atoms with van der Waals surface area (Å²) in [6, 6.07) is 11.2. The lowest BCUT2D eigenvalue weighted by Gasteiger charge is -2.26. The van der Waals surface area contributed by atoms with E-state index in [0.29, 0.717) is 22.7 Å². The smallest absolute Gasteiger partial charge is 0.295 e. The summed E-state index contributed by atoms with van der Waals surface area (Å²) < 4.78 is 13.8. The number of hydrogen-bond acceptors (Lipinski definition) is 3. The molecule has 1 aliphatic heterocycles. The number of halogens is 2. The van der Waals surface area contributed by atoms with Crippen molar-refractivity contribution in [2.75, 3.05) is 6.54 Å². The van der Waals surface area contributed by atoms with Gasteiger partial charge in [0.05, 0.1) is 11.6 Å². The summed E-state index contributed by atoms with van der Waals surface area (Å²) in [5.41, 5.74) is 0.752. The fraction of sp³-hybridized carbons (Fsp3) is 0.238.